The molecule has 2 amide bonds. The Kier molecular flexibility index (Phi) is 5.67. The van der Waals surface area contributed by atoms with Crippen molar-refractivity contribution in [2.24, 2.45) is 11.8 Å². The first-order chi connectivity index (χ1) is 10.7. The summed E-state index contributed by atoms with van der Waals surface area (Å²) in [4.78, 5) is 28.2. The summed E-state index contributed by atoms with van der Waals surface area (Å²) in [5.41, 5.74) is 0. The Morgan fingerprint density at radius 1 is 1.35 bits per heavy atom. The van der Waals surface area contributed by atoms with Crippen LogP contribution in [0.5, 0.6) is 0 Å². The maximum atomic E-state index is 12.7. The summed E-state index contributed by atoms with van der Waals surface area (Å²) < 4.78 is 24.9. The first-order valence-electron chi connectivity index (χ1n) is 8.20. The SMILES string of the molecule is CC(C)N1C[C@H](C(=O)N2CCC[C@H](CNS(C)(=O)=O)C2)CC1=O. The van der Waals surface area contributed by atoms with Crippen molar-refractivity contribution < 1.29 is 18.0 Å². The van der Waals surface area contributed by atoms with Gasteiger partial charge in [-0.05, 0) is 32.6 Å². The van der Waals surface area contributed by atoms with Crippen LogP contribution in [-0.2, 0) is 19.6 Å². The van der Waals surface area contributed by atoms with E-state index in [0.29, 0.717) is 32.6 Å². The summed E-state index contributed by atoms with van der Waals surface area (Å²) in [5.74, 6) is -0.0385. The van der Waals surface area contributed by atoms with Gasteiger partial charge in [-0.1, -0.05) is 0 Å². The van der Waals surface area contributed by atoms with Gasteiger partial charge in [0.1, 0.15) is 0 Å². The predicted molar refractivity (Wildman–Crippen MR) is 87.1 cm³/mol. The molecule has 0 aromatic heterocycles. The molecule has 23 heavy (non-hydrogen) atoms. The van der Waals surface area contributed by atoms with Crippen LogP contribution in [0, 0.1) is 11.8 Å². The molecule has 2 aliphatic heterocycles. The van der Waals surface area contributed by atoms with Gasteiger partial charge >= 0.3 is 0 Å². The fraction of sp³-hybridized carbons (Fsp3) is 0.867. The fourth-order valence-electron chi connectivity index (χ4n) is 3.36. The lowest BCUT2D eigenvalue weighted by molar-refractivity contribution is -0.137. The molecule has 0 saturated carbocycles. The smallest absolute Gasteiger partial charge is 0.228 e. The molecular formula is C15H27N3O4S. The van der Waals surface area contributed by atoms with Crippen LogP contribution in [-0.4, -0.2) is 68.5 Å². The lowest BCUT2D eigenvalue weighted by atomic mass is 9.96. The Morgan fingerprint density at radius 3 is 2.61 bits per heavy atom. The van der Waals surface area contributed by atoms with E-state index in [0.717, 1.165) is 19.1 Å². The van der Waals surface area contributed by atoms with E-state index in [4.69, 9.17) is 0 Å². The molecule has 2 fully saturated rings. The van der Waals surface area contributed by atoms with Crippen molar-refractivity contribution >= 4 is 21.8 Å². The van der Waals surface area contributed by atoms with Crippen molar-refractivity contribution in [3.63, 3.8) is 0 Å². The highest BCUT2D eigenvalue weighted by Gasteiger charge is 2.38. The molecule has 0 radical (unpaired) electrons. The average Bonchev–Trinajstić information content (AvgIpc) is 2.86. The van der Waals surface area contributed by atoms with Crippen molar-refractivity contribution in [2.45, 2.75) is 39.2 Å². The molecule has 132 valence electrons. The number of piperidine rings is 1. The molecule has 0 spiro atoms. The van der Waals surface area contributed by atoms with Gasteiger partial charge in [-0.3, -0.25) is 9.59 Å². The van der Waals surface area contributed by atoms with E-state index in [1.807, 2.05) is 13.8 Å². The second kappa shape index (κ2) is 7.17. The summed E-state index contributed by atoms with van der Waals surface area (Å²) in [6, 6.07) is 0.119. The molecule has 1 N–H and O–H groups in total. The molecule has 0 aromatic carbocycles. The van der Waals surface area contributed by atoms with Crippen molar-refractivity contribution in [1.82, 2.24) is 14.5 Å². The first kappa shape index (κ1) is 18.2. The van der Waals surface area contributed by atoms with Gasteiger partial charge in [0, 0.05) is 38.6 Å². The van der Waals surface area contributed by atoms with Crippen LogP contribution in [0.4, 0.5) is 0 Å². The summed E-state index contributed by atoms with van der Waals surface area (Å²) in [6.07, 6.45) is 3.22. The van der Waals surface area contributed by atoms with Gasteiger partial charge in [0.2, 0.25) is 21.8 Å². The zero-order valence-electron chi connectivity index (χ0n) is 14.1. The molecule has 0 bridgehead atoms. The lowest BCUT2D eigenvalue weighted by Gasteiger charge is -2.34. The zero-order chi connectivity index (χ0) is 17.2. The second-order valence-electron chi connectivity index (χ2n) is 6.95. The Hall–Kier alpha value is -1.15. The van der Waals surface area contributed by atoms with Gasteiger partial charge in [0.25, 0.3) is 0 Å². The maximum Gasteiger partial charge on any atom is 0.228 e. The molecule has 0 unspecified atom stereocenters. The van der Waals surface area contributed by atoms with E-state index in [1.54, 1.807) is 9.80 Å². The van der Waals surface area contributed by atoms with E-state index >= 15 is 0 Å². The van der Waals surface area contributed by atoms with E-state index < -0.39 is 10.0 Å². The molecule has 8 heteroatoms. The number of nitrogens with zero attached hydrogens (tertiary/aromatic N) is 2. The molecule has 0 aromatic rings. The van der Waals surface area contributed by atoms with Crippen molar-refractivity contribution in [1.29, 1.82) is 0 Å². The number of carbonyl (C=O) groups excluding carboxylic acids is 2. The van der Waals surface area contributed by atoms with Crippen LogP contribution in [0.3, 0.4) is 0 Å². The molecule has 2 heterocycles. The largest absolute Gasteiger partial charge is 0.342 e. The van der Waals surface area contributed by atoms with Crippen LogP contribution in [0.15, 0.2) is 0 Å². The third-order valence-electron chi connectivity index (χ3n) is 4.60. The van der Waals surface area contributed by atoms with E-state index in [2.05, 4.69) is 4.72 Å². The van der Waals surface area contributed by atoms with Gasteiger partial charge in [-0.2, -0.15) is 0 Å². The summed E-state index contributed by atoms with van der Waals surface area (Å²) in [7, 11) is -3.21. The average molecular weight is 345 g/mol. The highest BCUT2D eigenvalue weighted by atomic mass is 32.2. The topological polar surface area (TPSA) is 86.8 Å². The second-order valence-corrected chi connectivity index (χ2v) is 8.79. The van der Waals surface area contributed by atoms with Gasteiger partial charge in [-0.25, -0.2) is 13.1 Å². The van der Waals surface area contributed by atoms with Gasteiger partial charge in [0.05, 0.1) is 12.2 Å². The normalized spacial score (nSPS) is 26.2. The maximum absolute atomic E-state index is 12.7. The molecule has 0 aliphatic carbocycles. The van der Waals surface area contributed by atoms with Gasteiger partial charge < -0.3 is 9.80 Å². The minimum absolute atomic E-state index is 0.0329. The third kappa shape index (κ3) is 4.91. The first-order valence-corrected chi connectivity index (χ1v) is 10.1. The number of amides is 2. The number of hydrogen-bond donors (Lipinski definition) is 1. The van der Waals surface area contributed by atoms with E-state index in [1.165, 1.54) is 0 Å². The molecule has 7 nitrogen and oxygen atoms in total. The third-order valence-corrected chi connectivity index (χ3v) is 5.29. The number of hydrogen-bond acceptors (Lipinski definition) is 4. The summed E-state index contributed by atoms with van der Waals surface area (Å²) >= 11 is 0. The van der Waals surface area contributed by atoms with Crippen molar-refractivity contribution in [2.75, 3.05) is 32.4 Å². The summed E-state index contributed by atoms with van der Waals surface area (Å²) in [6.45, 7) is 6.04. The molecular weight excluding hydrogens is 318 g/mol. The van der Waals surface area contributed by atoms with E-state index in [9.17, 15) is 18.0 Å². The highest BCUT2D eigenvalue weighted by Crippen LogP contribution is 2.25. The number of nitrogens with one attached hydrogen (secondary N) is 1. The summed E-state index contributed by atoms with van der Waals surface area (Å²) in [5, 5.41) is 0. The van der Waals surface area contributed by atoms with Crippen molar-refractivity contribution in [3.8, 4) is 0 Å². The standard InChI is InChI=1S/C15H27N3O4S/c1-11(2)18-10-13(7-14(18)19)15(20)17-6-4-5-12(9-17)8-16-23(3,21)22/h11-13,16H,4-10H2,1-3H3/t12-,13-/m1/s1. The quantitative estimate of drug-likeness (QED) is 0.762. The lowest BCUT2D eigenvalue weighted by Crippen LogP contribution is -2.46. The minimum atomic E-state index is -3.21. The molecule has 2 aliphatic rings. The molecule has 2 saturated heterocycles. The van der Waals surface area contributed by atoms with Crippen molar-refractivity contribution in [3.05, 3.63) is 0 Å². The van der Waals surface area contributed by atoms with Crippen LogP contribution in [0.25, 0.3) is 0 Å². The van der Waals surface area contributed by atoms with Gasteiger partial charge in [-0.15, -0.1) is 0 Å². The molecule has 2 rings (SSSR count). The van der Waals surface area contributed by atoms with Crippen LogP contribution in [0.2, 0.25) is 0 Å². The van der Waals surface area contributed by atoms with Crippen LogP contribution < -0.4 is 4.72 Å². The number of likely N-dealkylation sites (tertiary alicyclic amines) is 2. The molecule has 2 atom stereocenters. The Labute approximate surface area is 138 Å². The van der Waals surface area contributed by atoms with E-state index in [-0.39, 0.29) is 29.7 Å². The van der Waals surface area contributed by atoms with Crippen LogP contribution in [0.1, 0.15) is 33.1 Å². The van der Waals surface area contributed by atoms with Crippen LogP contribution >= 0.6 is 0 Å². The Morgan fingerprint density at radius 2 is 2.04 bits per heavy atom. The predicted octanol–water partition coefficient (Wildman–Crippen LogP) is 0.0311. The number of carbonyl (C=O) groups is 2. The monoisotopic (exact) mass is 345 g/mol. The minimum Gasteiger partial charge on any atom is -0.342 e. The Bertz CT molecular complexity index is 561. The number of rotatable bonds is 5. The van der Waals surface area contributed by atoms with Gasteiger partial charge in [0.15, 0.2) is 0 Å². The number of sulfonamides is 1. The Balaban J connectivity index is 1.91. The zero-order valence-corrected chi connectivity index (χ0v) is 14.9. The highest BCUT2D eigenvalue weighted by molar-refractivity contribution is 7.88. The fourth-order valence-corrected chi connectivity index (χ4v) is 3.89.